The van der Waals surface area contributed by atoms with Gasteiger partial charge in [0.25, 0.3) is 0 Å². The average molecular weight is 221 g/mol. The zero-order chi connectivity index (χ0) is 12.2. The predicted molar refractivity (Wildman–Crippen MR) is 65.7 cm³/mol. The fraction of sp³-hybridized carbons (Fsp3) is 0.462. The third-order valence-corrected chi connectivity index (χ3v) is 2.83. The smallest absolute Gasteiger partial charge is 0.230 e. The first-order valence-corrected chi connectivity index (χ1v) is 5.45. The second-order valence-electron chi connectivity index (χ2n) is 4.42. The minimum Gasteiger partial charge on any atom is -0.497 e. The molecule has 0 bridgehead atoms. The lowest BCUT2D eigenvalue weighted by molar-refractivity contribution is -0.124. The molecule has 1 N–H and O–H groups in total. The van der Waals surface area contributed by atoms with E-state index in [1.807, 2.05) is 45.0 Å². The first-order chi connectivity index (χ1) is 7.49. The Balaban J connectivity index is 2.77. The van der Waals surface area contributed by atoms with Crippen molar-refractivity contribution < 1.29 is 9.53 Å². The molecular weight excluding hydrogens is 202 g/mol. The lowest BCUT2D eigenvalue weighted by Crippen LogP contribution is -2.29. The molecule has 88 valence electrons. The number of amides is 1. The van der Waals surface area contributed by atoms with Gasteiger partial charge in [0, 0.05) is 17.2 Å². The quantitative estimate of drug-likeness (QED) is 0.848. The largest absolute Gasteiger partial charge is 0.497 e. The van der Waals surface area contributed by atoms with Crippen molar-refractivity contribution in [2.24, 2.45) is 5.41 Å². The SMILES string of the molecule is CCC(C)(C)C(=O)Nc1cccc(OC)c1. The zero-order valence-corrected chi connectivity index (χ0v) is 10.3. The Morgan fingerprint density at radius 1 is 1.44 bits per heavy atom. The van der Waals surface area contributed by atoms with Crippen LogP contribution in [0.1, 0.15) is 27.2 Å². The summed E-state index contributed by atoms with van der Waals surface area (Å²) in [5.74, 6) is 0.773. The van der Waals surface area contributed by atoms with Crippen LogP contribution in [0.4, 0.5) is 5.69 Å². The molecule has 1 rings (SSSR count). The molecule has 0 radical (unpaired) electrons. The first kappa shape index (κ1) is 12.6. The second-order valence-corrected chi connectivity index (χ2v) is 4.42. The van der Waals surface area contributed by atoms with Gasteiger partial charge >= 0.3 is 0 Å². The number of hydrogen-bond acceptors (Lipinski definition) is 2. The summed E-state index contributed by atoms with van der Waals surface area (Å²) < 4.78 is 5.10. The number of carbonyl (C=O) groups is 1. The Bertz CT molecular complexity index is 372. The van der Waals surface area contributed by atoms with Crippen molar-refractivity contribution >= 4 is 11.6 Å². The number of nitrogens with one attached hydrogen (secondary N) is 1. The van der Waals surface area contributed by atoms with E-state index in [2.05, 4.69) is 5.32 Å². The summed E-state index contributed by atoms with van der Waals surface area (Å²) in [7, 11) is 1.61. The molecule has 0 saturated heterocycles. The van der Waals surface area contributed by atoms with Gasteiger partial charge in [0.2, 0.25) is 5.91 Å². The number of ether oxygens (including phenoxy) is 1. The molecule has 0 aliphatic heterocycles. The molecule has 1 aromatic rings. The number of rotatable bonds is 4. The maximum atomic E-state index is 11.9. The van der Waals surface area contributed by atoms with E-state index in [0.717, 1.165) is 17.9 Å². The van der Waals surface area contributed by atoms with Gasteiger partial charge in [0.15, 0.2) is 0 Å². The van der Waals surface area contributed by atoms with Crippen LogP contribution in [0.25, 0.3) is 0 Å². The van der Waals surface area contributed by atoms with Crippen LogP contribution in [0.2, 0.25) is 0 Å². The molecule has 16 heavy (non-hydrogen) atoms. The normalized spacial score (nSPS) is 11.0. The van der Waals surface area contributed by atoms with Crippen LogP contribution in [-0.2, 0) is 4.79 Å². The first-order valence-electron chi connectivity index (χ1n) is 5.45. The number of methoxy groups -OCH3 is 1. The number of hydrogen-bond donors (Lipinski definition) is 1. The highest BCUT2D eigenvalue weighted by molar-refractivity contribution is 5.94. The Morgan fingerprint density at radius 3 is 2.69 bits per heavy atom. The zero-order valence-electron chi connectivity index (χ0n) is 10.3. The highest BCUT2D eigenvalue weighted by Crippen LogP contribution is 2.23. The molecule has 0 saturated carbocycles. The lowest BCUT2D eigenvalue weighted by atomic mass is 9.89. The molecule has 0 heterocycles. The molecule has 3 nitrogen and oxygen atoms in total. The maximum absolute atomic E-state index is 11.9. The highest BCUT2D eigenvalue weighted by Gasteiger charge is 2.25. The molecule has 1 amide bonds. The monoisotopic (exact) mass is 221 g/mol. The minimum atomic E-state index is -0.344. The van der Waals surface area contributed by atoms with E-state index in [1.54, 1.807) is 7.11 Å². The van der Waals surface area contributed by atoms with E-state index >= 15 is 0 Å². The van der Waals surface area contributed by atoms with Crippen LogP contribution in [-0.4, -0.2) is 13.0 Å². The molecule has 0 aliphatic carbocycles. The predicted octanol–water partition coefficient (Wildman–Crippen LogP) is 3.07. The van der Waals surface area contributed by atoms with Crippen molar-refractivity contribution in [2.75, 3.05) is 12.4 Å². The van der Waals surface area contributed by atoms with E-state index < -0.39 is 0 Å². The third-order valence-electron chi connectivity index (χ3n) is 2.83. The summed E-state index contributed by atoms with van der Waals surface area (Å²) in [4.78, 5) is 11.9. The lowest BCUT2D eigenvalue weighted by Gasteiger charge is -2.21. The summed E-state index contributed by atoms with van der Waals surface area (Å²) in [5, 5.41) is 2.89. The minimum absolute atomic E-state index is 0.0308. The van der Waals surface area contributed by atoms with Crippen molar-refractivity contribution in [3.63, 3.8) is 0 Å². The molecule has 0 atom stereocenters. The van der Waals surface area contributed by atoms with Crippen molar-refractivity contribution in [3.05, 3.63) is 24.3 Å². The van der Waals surface area contributed by atoms with Crippen LogP contribution in [0.3, 0.4) is 0 Å². The second kappa shape index (κ2) is 5.01. The van der Waals surface area contributed by atoms with Gasteiger partial charge in [0.05, 0.1) is 7.11 Å². The van der Waals surface area contributed by atoms with E-state index in [4.69, 9.17) is 4.74 Å². The van der Waals surface area contributed by atoms with E-state index in [0.29, 0.717) is 0 Å². The molecule has 3 heteroatoms. The van der Waals surface area contributed by atoms with Crippen molar-refractivity contribution in [1.29, 1.82) is 0 Å². The van der Waals surface area contributed by atoms with E-state index in [9.17, 15) is 4.79 Å². The van der Waals surface area contributed by atoms with Crippen LogP contribution >= 0.6 is 0 Å². The van der Waals surface area contributed by atoms with Crippen LogP contribution < -0.4 is 10.1 Å². The summed E-state index contributed by atoms with van der Waals surface area (Å²) in [6, 6.07) is 7.36. The van der Waals surface area contributed by atoms with Crippen molar-refractivity contribution in [1.82, 2.24) is 0 Å². The summed E-state index contributed by atoms with van der Waals surface area (Å²) in [6.45, 7) is 5.87. The Labute approximate surface area is 96.8 Å². The Morgan fingerprint density at radius 2 is 2.12 bits per heavy atom. The Hall–Kier alpha value is -1.51. The van der Waals surface area contributed by atoms with Gasteiger partial charge in [-0.1, -0.05) is 26.8 Å². The standard InChI is InChI=1S/C13H19NO2/c1-5-13(2,3)12(15)14-10-7-6-8-11(9-10)16-4/h6-9H,5H2,1-4H3,(H,14,15). The molecule has 0 fully saturated rings. The third kappa shape index (κ3) is 2.99. The van der Waals surface area contributed by atoms with Crippen molar-refractivity contribution in [2.45, 2.75) is 27.2 Å². The molecule has 0 aliphatic rings. The number of benzene rings is 1. The summed E-state index contributed by atoms with van der Waals surface area (Å²) >= 11 is 0. The molecule has 0 unspecified atom stereocenters. The van der Waals surface area contributed by atoms with Gasteiger partial charge in [-0.2, -0.15) is 0 Å². The summed E-state index contributed by atoms with van der Waals surface area (Å²) in [5.41, 5.74) is 0.425. The summed E-state index contributed by atoms with van der Waals surface area (Å²) in [6.07, 6.45) is 0.808. The molecule has 1 aromatic carbocycles. The van der Waals surface area contributed by atoms with Crippen LogP contribution in [0, 0.1) is 5.41 Å². The van der Waals surface area contributed by atoms with Gasteiger partial charge in [-0.05, 0) is 18.6 Å². The van der Waals surface area contributed by atoms with Gasteiger partial charge < -0.3 is 10.1 Å². The fourth-order valence-corrected chi connectivity index (χ4v) is 1.16. The van der Waals surface area contributed by atoms with Gasteiger partial charge in [-0.15, -0.1) is 0 Å². The van der Waals surface area contributed by atoms with Gasteiger partial charge in [-0.3, -0.25) is 4.79 Å². The highest BCUT2D eigenvalue weighted by atomic mass is 16.5. The van der Waals surface area contributed by atoms with E-state index in [-0.39, 0.29) is 11.3 Å². The average Bonchev–Trinajstić information content (AvgIpc) is 2.29. The van der Waals surface area contributed by atoms with Crippen LogP contribution in [0.5, 0.6) is 5.75 Å². The number of anilines is 1. The maximum Gasteiger partial charge on any atom is 0.230 e. The number of carbonyl (C=O) groups excluding carboxylic acids is 1. The van der Waals surface area contributed by atoms with Gasteiger partial charge in [-0.25, -0.2) is 0 Å². The van der Waals surface area contributed by atoms with E-state index in [1.165, 1.54) is 0 Å². The van der Waals surface area contributed by atoms with Crippen LogP contribution in [0.15, 0.2) is 24.3 Å². The Kier molecular flexibility index (Phi) is 3.93. The molecule has 0 aromatic heterocycles. The van der Waals surface area contributed by atoms with Gasteiger partial charge in [0.1, 0.15) is 5.75 Å². The fourth-order valence-electron chi connectivity index (χ4n) is 1.16. The topological polar surface area (TPSA) is 38.3 Å². The molecular formula is C13H19NO2. The van der Waals surface area contributed by atoms with Crippen molar-refractivity contribution in [3.8, 4) is 5.75 Å². The molecule has 0 spiro atoms.